The summed E-state index contributed by atoms with van der Waals surface area (Å²) in [7, 11) is 0. The summed E-state index contributed by atoms with van der Waals surface area (Å²) in [5.74, 6) is 1.09. The Bertz CT molecular complexity index is 1370. The highest BCUT2D eigenvalue weighted by molar-refractivity contribution is 6.30. The maximum atomic E-state index is 13.6. The van der Waals surface area contributed by atoms with E-state index in [-0.39, 0.29) is 24.7 Å². The summed E-state index contributed by atoms with van der Waals surface area (Å²) in [6, 6.07) is 32.2. The number of benzene rings is 4. The molecule has 2 atom stereocenters. The van der Waals surface area contributed by atoms with Crippen LogP contribution in [-0.2, 0) is 10.4 Å². The molecule has 1 amide bonds. The van der Waals surface area contributed by atoms with Crippen LogP contribution in [0.5, 0.6) is 11.5 Å². The van der Waals surface area contributed by atoms with E-state index in [0.29, 0.717) is 29.4 Å². The van der Waals surface area contributed by atoms with E-state index in [4.69, 9.17) is 21.1 Å². The summed E-state index contributed by atoms with van der Waals surface area (Å²) < 4.78 is 11.1. The average Bonchev–Trinajstić information content (AvgIpc) is 3.41. The number of β-lactam (4-membered cyclic amide) rings is 1. The molecule has 1 saturated heterocycles. The molecular weight excluding hydrogens is 486 g/mol. The first-order valence-corrected chi connectivity index (χ1v) is 12.7. The van der Waals surface area contributed by atoms with Gasteiger partial charge in [-0.15, -0.1) is 0 Å². The largest absolute Gasteiger partial charge is 0.454 e. The van der Waals surface area contributed by atoms with E-state index in [1.54, 1.807) is 12.1 Å². The number of rotatable bonds is 7. The molecule has 0 saturated carbocycles. The second-order valence-corrected chi connectivity index (χ2v) is 9.92. The van der Waals surface area contributed by atoms with Crippen LogP contribution >= 0.6 is 11.6 Å². The molecule has 6 rings (SSSR count). The van der Waals surface area contributed by atoms with Crippen molar-refractivity contribution < 1.29 is 19.4 Å². The Hall–Kier alpha value is -3.80. The van der Waals surface area contributed by atoms with E-state index >= 15 is 0 Å². The Balaban J connectivity index is 1.34. The molecule has 4 aromatic rings. The van der Waals surface area contributed by atoms with Gasteiger partial charge in [-0.25, -0.2) is 0 Å². The molecule has 2 aliphatic heterocycles. The lowest BCUT2D eigenvalue weighted by atomic mass is 9.74. The van der Waals surface area contributed by atoms with Gasteiger partial charge < -0.3 is 19.5 Å². The zero-order valence-electron chi connectivity index (χ0n) is 20.1. The number of halogens is 1. The maximum absolute atomic E-state index is 13.6. The minimum Gasteiger partial charge on any atom is -0.454 e. The molecule has 6 heteroatoms. The summed E-state index contributed by atoms with van der Waals surface area (Å²) in [6.07, 6.45) is 0.898. The maximum Gasteiger partial charge on any atom is 0.233 e. The van der Waals surface area contributed by atoms with Gasteiger partial charge in [0, 0.05) is 10.7 Å². The third-order valence-corrected chi connectivity index (χ3v) is 7.63. The van der Waals surface area contributed by atoms with Crippen LogP contribution < -0.4 is 14.4 Å². The second-order valence-electron chi connectivity index (χ2n) is 9.48. The molecule has 4 aromatic carbocycles. The van der Waals surface area contributed by atoms with Gasteiger partial charge in [0.2, 0.25) is 12.7 Å². The smallest absolute Gasteiger partial charge is 0.233 e. The van der Waals surface area contributed by atoms with Gasteiger partial charge in [0.15, 0.2) is 11.5 Å². The van der Waals surface area contributed by atoms with Crippen molar-refractivity contribution in [3.05, 3.63) is 125 Å². The second kappa shape index (κ2) is 9.58. The van der Waals surface area contributed by atoms with Crippen LogP contribution in [0.15, 0.2) is 103 Å². The quantitative estimate of drug-likeness (QED) is 0.288. The molecule has 0 aromatic heterocycles. The summed E-state index contributed by atoms with van der Waals surface area (Å²) >= 11 is 6.11. The van der Waals surface area contributed by atoms with Crippen molar-refractivity contribution >= 4 is 23.2 Å². The molecule has 5 nitrogen and oxygen atoms in total. The van der Waals surface area contributed by atoms with Crippen LogP contribution in [0, 0.1) is 5.92 Å². The Kier molecular flexibility index (Phi) is 6.11. The van der Waals surface area contributed by atoms with Crippen LogP contribution in [0.2, 0.25) is 5.02 Å². The topological polar surface area (TPSA) is 59.0 Å². The minimum absolute atomic E-state index is 0.0217. The van der Waals surface area contributed by atoms with E-state index in [2.05, 4.69) is 0 Å². The van der Waals surface area contributed by atoms with Crippen molar-refractivity contribution in [3.63, 3.8) is 0 Å². The van der Waals surface area contributed by atoms with Gasteiger partial charge in [0.25, 0.3) is 0 Å². The molecule has 0 bridgehead atoms. The number of ether oxygens (including phenoxy) is 2. The number of anilines is 1. The van der Waals surface area contributed by atoms with Crippen molar-refractivity contribution in [2.75, 3.05) is 11.7 Å². The van der Waals surface area contributed by atoms with Gasteiger partial charge in [-0.05, 0) is 65.9 Å². The first kappa shape index (κ1) is 23.6. The van der Waals surface area contributed by atoms with Gasteiger partial charge >= 0.3 is 0 Å². The predicted molar refractivity (Wildman–Crippen MR) is 143 cm³/mol. The highest BCUT2D eigenvalue weighted by atomic mass is 35.5. The van der Waals surface area contributed by atoms with Crippen LogP contribution in [0.4, 0.5) is 5.69 Å². The number of hydrogen-bond donors (Lipinski definition) is 1. The predicted octanol–water partition coefficient (Wildman–Crippen LogP) is 6.49. The van der Waals surface area contributed by atoms with E-state index in [9.17, 15) is 9.90 Å². The molecule has 186 valence electrons. The third kappa shape index (κ3) is 4.24. The van der Waals surface area contributed by atoms with Gasteiger partial charge in [0.05, 0.1) is 12.0 Å². The van der Waals surface area contributed by atoms with Crippen LogP contribution in [0.3, 0.4) is 0 Å². The van der Waals surface area contributed by atoms with Gasteiger partial charge in [-0.1, -0.05) is 78.3 Å². The van der Waals surface area contributed by atoms with E-state index in [1.165, 1.54) is 0 Å². The third-order valence-electron chi connectivity index (χ3n) is 7.38. The number of nitrogens with zero attached hydrogens (tertiary/aromatic N) is 1. The first-order chi connectivity index (χ1) is 18.0. The summed E-state index contributed by atoms with van der Waals surface area (Å²) in [4.78, 5) is 15.4. The lowest BCUT2D eigenvalue weighted by Crippen LogP contribution is -2.55. The summed E-state index contributed by atoms with van der Waals surface area (Å²) in [6.45, 7) is 0.188. The molecule has 0 spiro atoms. The van der Waals surface area contributed by atoms with Gasteiger partial charge in [-0.3, -0.25) is 4.79 Å². The number of amides is 1. The van der Waals surface area contributed by atoms with Gasteiger partial charge in [0.1, 0.15) is 5.60 Å². The Morgan fingerprint density at radius 3 is 2.11 bits per heavy atom. The molecule has 0 radical (unpaired) electrons. The molecule has 0 unspecified atom stereocenters. The van der Waals surface area contributed by atoms with Crippen molar-refractivity contribution in [3.8, 4) is 11.5 Å². The highest BCUT2D eigenvalue weighted by Gasteiger charge is 2.50. The molecular formula is C31H26ClNO4. The van der Waals surface area contributed by atoms with E-state index in [0.717, 1.165) is 22.4 Å². The van der Waals surface area contributed by atoms with Crippen molar-refractivity contribution in [1.82, 2.24) is 0 Å². The molecule has 1 N–H and O–H groups in total. The standard InChI is InChI=1S/C31H26ClNO4/c32-24-12-14-25(15-13-24)33-29(21-11-16-27-28(19-21)37-20-36-27)26(30(33)34)17-18-31(35,22-7-3-1-4-8-22)23-9-5-2-6-10-23/h1-16,19,26,29,35H,17-18,20H2/t26-,29-/m1/s1. The summed E-state index contributed by atoms with van der Waals surface area (Å²) in [5.41, 5.74) is 2.15. The molecule has 37 heavy (non-hydrogen) atoms. The van der Waals surface area contributed by atoms with E-state index < -0.39 is 5.60 Å². The Morgan fingerprint density at radius 1 is 0.838 bits per heavy atom. The summed E-state index contributed by atoms with van der Waals surface area (Å²) in [5, 5.41) is 12.6. The Morgan fingerprint density at radius 2 is 1.46 bits per heavy atom. The molecule has 1 fully saturated rings. The van der Waals surface area contributed by atoms with Crippen molar-refractivity contribution in [1.29, 1.82) is 0 Å². The minimum atomic E-state index is -1.22. The number of fused-ring (bicyclic) bond motifs is 1. The number of hydrogen-bond acceptors (Lipinski definition) is 4. The number of carbonyl (C=O) groups is 1. The first-order valence-electron chi connectivity index (χ1n) is 12.4. The van der Waals surface area contributed by atoms with Crippen molar-refractivity contribution in [2.45, 2.75) is 24.5 Å². The molecule has 0 aliphatic carbocycles. The molecule has 2 aliphatic rings. The average molecular weight is 512 g/mol. The lowest BCUT2D eigenvalue weighted by Gasteiger charge is -2.48. The van der Waals surface area contributed by atoms with Crippen LogP contribution in [0.1, 0.15) is 35.6 Å². The fourth-order valence-corrected chi connectivity index (χ4v) is 5.57. The van der Waals surface area contributed by atoms with Crippen LogP contribution in [0.25, 0.3) is 0 Å². The fourth-order valence-electron chi connectivity index (χ4n) is 5.45. The zero-order chi connectivity index (χ0) is 25.4. The monoisotopic (exact) mass is 511 g/mol. The highest BCUT2D eigenvalue weighted by Crippen LogP contribution is 2.49. The number of aliphatic hydroxyl groups is 1. The number of carbonyl (C=O) groups excluding carboxylic acids is 1. The normalized spacial score (nSPS) is 18.5. The molecule has 2 heterocycles. The van der Waals surface area contributed by atoms with E-state index in [1.807, 2.05) is 95.9 Å². The zero-order valence-corrected chi connectivity index (χ0v) is 20.8. The lowest BCUT2D eigenvalue weighted by molar-refractivity contribution is -0.131. The SMILES string of the molecule is O=C1[C@H](CCC(O)(c2ccccc2)c2ccccc2)[C@@H](c2ccc3c(c2)OCO3)N1c1ccc(Cl)cc1. The fraction of sp³-hybridized carbons (Fsp3) is 0.194. The Labute approximate surface area is 220 Å². The van der Waals surface area contributed by atoms with Crippen LogP contribution in [-0.4, -0.2) is 17.8 Å². The van der Waals surface area contributed by atoms with Gasteiger partial charge in [-0.2, -0.15) is 0 Å². The van der Waals surface area contributed by atoms with Crippen molar-refractivity contribution in [2.24, 2.45) is 5.92 Å².